The Balaban J connectivity index is 2.15. The number of nitrogens with one attached hydrogen (secondary N) is 2. The first-order chi connectivity index (χ1) is 13.2. The molecule has 1 aliphatic rings. The summed E-state index contributed by atoms with van der Waals surface area (Å²) in [6.45, 7) is 6.63. The van der Waals surface area contributed by atoms with Crippen molar-refractivity contribution < 1.29 is 28.7 Å². The average Bonchev–Trinajstić information content (AvgIpc) is 2.87. The molecule has 0 aromatic heterocycles. The number of carbonyl (C=O) groups excluding carboxylic acids is 5. The van der Waals surface area contributed by atoms with Crippen molar-refractivity contribution in [3.05, 3.63) is 35.4 Å². The molecule has 0 fully saturated rings. The first-order valence-electron chi connectivity index (χ1n) is 8.95. The molecule has 1 heterocycles. The summed E-state index contributed by atoms with van der Waals surface area (Å²) in [5, 5.41) is 4.42. The minimum atomic E-state index is -1.29. The summed E-state index contributed by atoms with van der Waals surface area (Å²) >= 11 is 0. The first-order valence-corrected chi connectivity index (χ1v) is 8.95. The lowest BCUT2D eigenvalue weighted by molar-refractivity contribution is -0.159. The van der Waals surface area contributed by atoms with Gasteiger partial charge in [0.1, 0.15) is 6.04 Å². The van der Waals surface area contributed by atoms with Crippen LogP contribution in [0, 0.1) is 5.92 Å². The van der Waals surface area contributed by atoms with Crippen molar-refractivity contribution in [3.63, 3.8) is 0 Å². The molecule has 0 saturated heterocycles. The van der Waals surface area contributed by atoms with E-state index in [0.29, 0.717) is 6.54 Å². The molecule has 0 bridgehead atoms. The maximum atomic E-state index is 12.7. The van der Waals surface area contributed by atoms with Crippen LogP contribution in [0.25, 0.3) is 0 Å². The molecular weight excluding hydrogens is 366 g/mol. The van der Waals surface area contributed by atoms with Crippen molar-refractivity contribution in [1.29, 1.82) is 0 Å². The van der Waals surface area contributed by atoms with Crippen molar-refractivity contribution in [3.8, 4) is 0 Å². The fourth-order valence-electron chi connectivity index (χ4n) is 2.85. The number of nitrogens with zero attached hydrogens (tertiary/aromatic N) is 1. The van der Waals surface area contributed by atoms with Gasteiger partial charge in [0.25, 0.3) is 17.7 Å². The van der Waals surface area contributed by atoms with Gasteiger partial charge in [0.05, 0.1) is 11.1 Å². The van der Waals surface area contributed by atoms with E-state index in [-0.39, 0.29) is 11.1 Å². The Morgan fingerprint density at radius 1 is 1.04 bits per heavy atom. The van der Waals surface area contributed by atoms with Crippen molar-refractivity contribution in [2.75, 3.05) is 6.54 Å². The zero-order valence-corrected chi connectivity index (χ0v) is 16.1. The molecule has 2 unspecified atom stereocenters. The van der Waals surface area contributed by atoms with Crippen LogP contribution in [0.5, 0.6) is 0 Å². The normalized spacial score (nSPS) is 15.1. The van der Waals surface area contributed by atoms with E-state index in [4.69, 9.17) is 4.74 Å². The van der Waals surface area contributed by atoms with E-state index in [1.54, 1.807) is 32.9 Å². The maximum absolute atomic E-state index is 12.7. The summed E-state index contributed by atoms with van der Waals surface area (Å²) in [5.41, 5.74) is 0.431. The number of carbonyl (C=O) groups is 5. The smallest absolute Gasteiger partial charge is 0.330 e. The Kier molecular flexibility index (Phi) is 6.50. The summed E-state index contributed by atoms with van der Waals surface area (Å²) in [4.78, 5) is 62.3. The predicted molar refractivity (Wildman–Crippen MR) is 98.3 cm³/mol. The number of ether oxygens (including phenoxy) is 1. The number of benzene rings is 1. The number of rotatable bonds is 6. The van der Waals surface area contributed by atoms with E-state index < -0.39 is 47.8 Å². The van der Waals surface area contributed by atoms with E-state index in [1.165, 1.54) is 19.1 Å². The second kappa shape index (κ2) is 8.64. The highest BCUT2D eigenvalue weighted by atomic mass is 16.5. The van der Waals surface area contributed by atoms with Crippen LogP contribution >= 0.6 is 0 Å². The highest BCUT2D eigenvalue weighted by Crippen LogP contribution is 2.27. The minimum absolute atomic E-state index is 0.216. The molecule has 1 aromatic rings. The summed E-state index contributed by atoms with van der Waals surface area (Å²) in [7, 11) is 0. The summed E-state index contributed by atoms with van der Waals surface area (Å²) in [5.74, 6) is -3.34. The number of imide groups is 2. The zero-order chi connectivity index (χ0) is 21.0. The van der Waals surface area contributed by atoms with Crippen LogP contribution in [0.15, 0.2) is 24.3 Å². The zero-order valence-electron chi connectivity index (χ0n) is 16.1. The number of urea groups is 1. The second-order valence-electron chi connectivity index (χ2n) is 6.64. The van der Waals surface area contributed by atoms with Crippen LogP contribution in [0.1, 0.15) is 48.4 Å². The Hall–Kier alpha value is -3.23. The predicted octanol–water partition coefficient (Wildman–Crippen LogP) is 1.08. The highest BCUT2D eigenvalue weighted by Gasteiger charge is 2.45. The first kappa shape index (κ1) is 21.1. The van der Waals surface area contributed by atoms with Crippen molar-refractivity contribution >= 4 is 29.7 Å². The van der Waals surface area contributed by atoms with E-state index in [0.717, 1.165) is 4.90 Å². The molecule has 9 heteroatoms. The lowest BCUT2D eigenvalue weighted by Gasteiger charge is -2.28. The average molecular weight is 389 g/mol. The number of amides is 5. The van der Waals surface area contributed by atoms with Gasteiger partial charge in [0.2, 0.25) is 0 Å². The molecule has 150 valence electrons. The van der Waals surface area contributed by atoms with Crippen LogP contribution in [-0.2, 0) is 14.3 Å². The van der Waals surface area contributed by atoms with Gasteiger partial charge in [-0.25, -0.2) is 9.59 Å². The van der Waals surface area contributed by atoms with E-state index in [9.17, 15) is 24.0 Å². The molecule has 9 nitrogen and oxygen atoms in total. The van der Waals surface area contributed by atoms with E-state index in [2.05, 4.69) is 5.32 Å². The Morgan fingerprint density at radius 2 is 1.57 bits per heavy atom. The molecule has 0 spiro atoms. The number of fused-ring (bicyclic) bond motifs is 1. The SMILES string of the molecule is CCNC(=O)NC(=O)C(C)OC(=O)C(C(C)C)N1C(=O)c2ccccc2C1=O. The van der Waals surface area contributed by atoms with Gasteiger partial charge < -0.3 is 10.1 Å². The largest absolute Gasteiger partial charge is 0.451 e. The van der Waals surface area contributed by atoms with Gasteiger partial charge in [-0.15, -0.1) is 0 Å². The molecule has 28 heavy (non-hydrogen) atoms. The van der Waals surface area contributed by atoms with Gasteiger partial charge >= 0.3 is 12.0 Å². The molecule has 0 saturated carbocycles. The number of hydrogen-bond donors (Lipinski definition) is 2. The molecule has 2 atom stereocenters. The fraction of sp³-hybridized carbons (Fsp3) is 0.421. The van der Waals surface area contributed by atoms with Crippen LogP contribution in [-0.4, -0.2) is 53.3 Å². The highest BCUT2D eigenvalue weighted by molar-refractivity contribution is 6.22. The van der Waals surface area contributed by atoms with Crippen LogP contribution in [0.3, 0.4) is 0 Å². The molecule has 1 aromatic carbocycles. The molecule has 2 rings (SSSR count). The van der Waals surface area contributed by atoms with Crippen molar-refractivity contribution in [2.45, 2.75) is 39.8 Å². The van der Waals surface area contributed by atoms with Crippen LogP contribution in [0.4, 0.5) is 4.79 Å². The summed E-state index contributed by atoms with van der Waals surface area (Å²) < 4.78 is 5.15. The third-order valence-corrected chi connectivity index (χ3v) is 4.21. The van der Waals surface area contributed by atoms with Crippen molar-refractivity contribution in [1.82, 2.24) is 15.5 Å². The van der Waals surface area contributed by atoms with Gasteiger partial charge in [0, 0.05) is 6.54 Å². The fourth-order valence-corrected chi connectivity index (χ4v) is 2.85. The standard InChI is InChI=1S/C19H23N3O6/c1-5-20-19(27)21-15(23)11(4)28-18(26)14(10(2)3)22-16(24)12-8-6-7-9-13(12)17(22)25/h6-11,14H,5H2,1-4H3,(H2,20,21,23,27). The monoisotopic (exact) mass is 389 g/mol. The van der Waals surface area contributed by atoms with Gasteiger partial charge in [-0.3, -0.25) is 24.6 Å². The lowest BCUT2D eigenvalue weighted by Crippen LogP contribution is -2.51. The van der Waals surface area contributed by atoms with Gasteiger partial charge in [-0.2, -0.15) is 0 Å². The molecule has 5 amide bonds. The Morgan fingerprint density at radius 3 is 2.04 bits per heavy atom. The molecule has 1 aliphatic heterocycles. The number of esters is 1. The molecule has 0 radical (unpaired) electrons. The quantitative estimate of drug-likeness (QED) is 0.555. The van der Waals surface area contributed by atoms with Gasteiger partial charge in [0.15, 0.2) is 6.10 Å². The third kappa shape index (κ3) is 4.19. The minimum Gasteiger partial charge on any atom is -0.451 e. The maximum Gasteiger partial charge on any atom is 0.330 e. The number of hydrogen-bond acceptors (Lipinski definition) is 6. The van der Waals surface area contributed by atoms with Crippen molar-refractivity contribution in [2.24, 2.45) is 5.92 Å². The molecule has 2 N–H and O–H groups in total. The Labute approximate surface area is 162 Å². The van der Waals surface area contributed by atoms with Crippen LogP contribution < -0.4 is 10.6 Å². The Bertz CT molecular complexity index is 785. The topological polar surface area (TPSA) is 122 Å². The lowest BCUT2D eigenvalue weighted by atomic mass is 10.0. The molecule has 0 aliphatic carbocycles. The van der Waals surface area contributed by atoms with Crippen LogP contribution in [0.2, 0.25) is 0 Å². The third-order valence-electron chi connectivity index (χ3n) is 4.21. The van der Waals surface area contributed by atoms with Gasteiger partial charge in [-0.05, 0) is 31.9 Å². The van der Waals surface area contributed by atoms with E-state index >= 15 is 0 Å². The summed E-state index contributed by atoms with van der Waals surface area (Å²) in [6, 6.07) is 4.37. The van der Waals surface area contributed by atoms with E-state index in [1.807, 2.05) is 5.32 Å². The summed E-state index contributed by atoms with van der Waals surface area (Å²) in [6.07, 6.45) is -1.29. The molecular formula is C19H23N3O6. The second-order valence-corrected chi connectivity index (χ2v) is 6.64. The van der Waals surface area contributed by atoms with Gasteiger partial charge in [-0.1, -0.05) is 26.0 Å².